The highest BCUT2D eigenvalue weighted by Crippen LogP contribution is 2.04. The lowest BCUT2D eigenvalue weighted by atomic mass is 10.0. The predicted octanol–water partition coefficient (Wildman–Crippen LogP) is 0.603. The predicted molar refractivity (Wildman–Crippen MR) is 43.6 cm³/mol. The standard InChI is InChI=1S/C7H5BN2.H2/c8-7-5-3-1-2-4-6(5)9-10-7;/h1-4H,(H,9,10);1H. The number of para-hydroxylation sites is 1. The molecule has 2 nitrogen and oxygen atoms in total. The van der Waals surface area contributed by atoms with E-state index in [1.165, 1.54) is 0 Å². The van der Waals surface area contributed by atoms with Crippen LogP contribution in [0.2, 0.25) is 0 Å². The Hall–Kier alpha value is -1.25. The molecule has 0 aliphatic heterocycles. The molecule has 0 fully saturated rings. The van der Waals surface area contributed by atoms with Crippen LogP contribution >= 0.6 is 0 Å². The van der Waals surface area contributed by atoms with Crippen LogP contribution in [0.1, 0.15) is 1.43 Å². The highest BCUT2D eigenvalue weighted by Gasteiger charge is 1.95. The lowest BCUT2D eigenvalue weighted by molar-refractivity contribution is 1.14. The molecule has 0 spiro atoms. The minimum atomic E-state index is 0. The largest absolute Gasteiger partial charge is 0.292 e. The second-order valence-electron chi connectivity index (χ2n) is 2.15. The first-order valence-electron chi connectivity index (χ1n) is 3.06. The smallest absolute Gasteiger partial charge is 0.141 e. The van der Waals surface area contributed by atoms with Crippen LogP contribution in [0.3, 0.4) is 0 Å². The Balaban J connectivity index is 0.000000605. The zero-order valence-electron chi connectivity index (χ0n) is 5.33. The first kappa shape index (κ1) is 5.53. The van der Waals surface area contributed by atoms with Crippen LogP contribution in [0.25, 0.3) is 10.9 Å². The Kier molecular flexibility index (Phi) is 1.03. The molecular formula is C7H7BN2. The number of hydrogen-bond acceptors (Lipinski definition) is 1. The van der Waals surface area contributed by atoms with Gasteiger partial charge in [-0.15, -0.1) is 0 Å². The second kappa shape index (κ2) is 1.87. The number of rotatable bonds is 0. The molecule has 0 saturated heterocycles. The molecule has 0 unspecified atom stereocenters. The minimum absolute atomic E-state index is 0. The van der Waals surface area contributed by atoms with Gasteiger partial charge in [-0.3, -0.25) is 5.10 Å². The van der Waals surface area contributed by atoms with Crippen molar-refractivity contribution in [3.05, 3.63) is 24.3 Å². The quantitative estimate of drug-likeness (QED) is 0.519. The molecule has 0 amide bonds. The van der Waals surface area contributed by atoms with Gasteiger partial charge >= 0.3 is 0 Å². The lowest BCUT2D eigenvalue weighted by Gasteiger charge is -1.84. The maximum atomic E-state index is 5.56. The van der Waals surface area contributed by atoms with Gasteiger partial charge in [-0.05, 0) is 11.7 Å². The van der Waals surface area contributed by atoms with Crippen LogP contribution in [0.15, 0.2) is 24.3 Å². The van der Waals surface area contributed by atoms with Crippen LogP contribution in [0.4, 0.5) is 0 Å². The van der Waals surface area contributed by atoms with Crippen molar-refractivity contribution in [3.63, 3.8) is 0 Å². The fraction of sp³-hybridized carbons (Fsp3) is 0. The zero-order valence-corrected chi connectivity index (χ0v) is 5.33. The Morgan fingerprint density at radius 1 is 1.40 bits per heavy atom. The summed E-state index contributed by atoms with van der Waals surface area (Å²) in [5.41, 5.74) is 1.55. The minimum Gasteiger partial charge on any atom is -0.292 e. The van der Waals surface area contributed by atoms with Crippen molar-refractivity contribution in [2.24, 2.45) is 0 Å². The fourth-order valence-electron chi connectivity index (χ4n) is 0.980. The molecule has 0 bridgehead atoms. The summed E-state index contributed by atoms with van der Waals surface area (Å²) in [6, 6.07) is 7.73. The van der Waals surface area contributed by atoms with Crippen LogP contribution in [0.5, 0.6) is 0 Å². The van der Waals surface area contributed by atoms with E-state index in [9.17, 15) is 0 Å². The number of nitrogens with zero attached hydrogens (tertiary/aromatic N) is 1. The van der Waals surface area contributed by atoms with Crippen LogP contribution in [-0.2, 0) is 0 Å². The molecule has 0 aliphatic carbocycles. The van der Waals surface area contributed by atoms with Gasteiger partial charge in [0.1, 0.15) is 7.85 Å². The van der Waals surface area contributed by atoms with E-state index in [2.05, 4.69) is 10.2 Å². The van der Waals surface area contributed by atoms with Gasteiger partial charge in [-0.25, -0.2) is 0 Å². The summed E-state index contributed by atoms with van der Waals surface area (Å²) in [5.74, 6) is 0. The number of benzene rings is 1. The summed E-state index contributed by atoms with van der Waals surface area (Å²) in [6.45, 7) is 0. The van der Waals surface area contributed by atoms with Crippen molar-refractivity contribution in [3.8, 4) is 0 Å². The van der Waals surface area contributed by atoms with E-state index in [0.29, 0.717) is 5.59 Å². The van der Waals surface area contributed by atoms with Gasteiger partial charge < -0.3 is 0 Å². The van der Waals surface area contributed by atoms with Gasteiger partial charge in [-0.2, -0.15) is 5.10 Å². The molecule has 1 aromatic carbocycles. The van der Waals surface area contributed by atoms with E-state index < -0.39 is 0 Å². The maximum absolute atomic E-state index is 5.56. The molecule has 0 aliphatic rings. The van der Waals surface area contributed by atoms with Gasteiger partial charge in [-0.1, -0.05) is 18.2 Å². The van der Waals surface area contributed by atoms with Crippen molar-refractivity contribution in [2.75, 3.05) is 0 Å². The van der Waals surface area contributed by atoms with Crippen LogP contribution in [0, 0.1) is 0 Å². The molecule has 2 radical (unpaired) electrons. The van der Waals surface area contributed by atoms with Gasteiger partial charge in [0.05, 0.1) is 5.52 Å². The molecule has 0 saturated carbocycles. The fourth-order valence-corrected chi connectivity index (χ4v) is 0.980. The van der Waals surface area contributed by atoms with E-state index in [0.717, 1.165) is 10.9 Å². The molecule has 10 heavy (non-hydrogen) atoms. The molecule has 1 aromatic heterocycles. The highest BCUT2D eigenvalue weighted by atomic mass is 15.1. The molecule has 3 heteroatoms. The van der Waals surface area contributed by atoms with Crippen molar-refractivity contribution in [1.82, 2.24) is 10.2 Å². The number of aromatic nitrogens is 2. The van der Waals surface area contributed by atoms with Crippen LogP contribution < -0.4 is 5.59 Å². The second-order valence-corrected chi connectivity index (χ2v) is 2.15. The van der Waals surface area contributed by atoms with E-state index in [1.807, 2.05) is 24.3 Å². The summed E-state index contributed by atoms with van der Waals surface area (Å²) in [7, 11) is 5.56. The molecule has 1 heterocycles. The molecule has 0 atom stereocenters. The first-order chi connectivity index (χ1) is 4.88. The van der Waals surface area contributed by atoms with E-state index in [-0.39, 0.29) is 1.43 Å². The number of fused-ring (bicyclic) bond motifs is 1. The number of hydrogen-bond donors (Lipinski definition) is 1. The van der Waals surface area contributed by atoms with Gasteiger partial charge in [0.25, 0.3) is 0 Å². The van der Waals surface area contributed by atoms with Crippen molar-refractivity contribution in [1.29, 1.82) is 0 Å². The average molecular weight is 130 g/mol. The Morgan fingerprint density at radius 3 is 3.00 bits per heavy atom. The van der Waals surface area contributed by atoms with Crippen molar-refractivity contribution >= 4 is 24.3 Å². The van der Waals surface area contributed by atoms with Crippen LogP contribution in [-0.4, -0.2) is 18.0 Å². The molecule has 2 rings (SSSR count). The third-order valence-corrected chi connectivity index (χ3v) is 1.49. The average Bonchev–Trinajstić information content (AvgIpc) is 2.34. The summed E-state index contributed by atoms with van der Waals surface area (Å²) in [5, 5.41) is 7.66. The summed E-state index contributed by atoms with van der Waals surface area (Å²) in [4.78, 5) is 0. The summed E-state index contributed by atoms with van der Waals surface area (Å²) in [6.07, 6.45) is 0. The number of H-pyrrole nitrogens is 1. The molecular weight excluding hydrogens is 123 g/mol. The number of nitrogens with one attached hydrogen (secondary N) is 1. The van der Waals surface area contributed by atoms with E-state index in [4.69, 9.17) is 7.85 Å². The van der Waals surface area contributed by atoms with E-state index >= 15 is 0 Å². The Morgan fingerprint density at radius 2 is 2.20 bits per heavy atom. The third kappa shape index (κ3) is 0.636. The molecule has 1 N–H and O–H groups in total. The zero-order chi connectivity index (χ0) is 6.97. The topological polar surface area (TPSA) is 28.7 Å². The highest BCUT2D eigenvalue weighted by molar-refractivity contribution is 6.36. The SMILES string of the molecule is [B]c1[nH]nc2ccccc12.[HH]. The monoisotopic (exact) mass is 130 g/mol. The van der Waals surface area contributed by atoms with Gasteiger partial charge in [0.2, 0.25) is 0 Å². The Bertz CT molecular complexity index is 358. The van der Waals surface area contributed by atoms with Gasteiger partial charge in [0, 0.05) is 6.81 Å². The Labute approximate surface area is 61.1 Å². The first-order valence-corrected chi connectivity index (χ1v) is 3.06. The molecule has 48 valence electrons. The molecule has 2 aromatic rings. The van der Waals surface area contributed by atoms with Gasteiger partial charge in [0.15, 0.2) is 0 Å². The number of aromatic amines is 1. The summed E-state index contributed by atoms with van der Waals surface area (Å²) >= 11 is 0. The summed E-state index contributed by atoms with van der Waals surface area (Å²) < 4.78 is 0. The normalized spacial score (nSPS) is 10.4. The third-order valence-electron chi connectivity index (χ3n) is 1.49. The van der Waals surface area contributed by atoms with Crippen molar-refractivity contribution in [2.45, 2.75) is 0 Å². The maximum Gasteiger partial charge on any atom is 0.141 e. The van der Waals surface area contributed by atoms with Crippen molar-refractivity contribution < 1.29 is 1.43 Å². The lowest BCUT2D eigenvalue weighted by Crippen LogP contribution is -2.02. The van der Waals surface area contributed by atoms with E-state index in [1.54, 1.807) is 0 Å².